The van der Waals surface area contributed by atoms with Crippen molar-refractivity contribution in [1.29, 1.82) is 0 Å². The van der Waals surface area contributed by atoms with E-state index < -0.39 is 17.5 Å². The Morgan fingerprint density at radius 3 is 2.11 bits per heavy atom. The molecule has 8 heteroatoms. The van der Waals surface area contributed by atoms with Gasteiger partial charge in [0.2, 0.25) is 0 Å². The largest absolute Gasteiger partial charge is 0.492 e. The number of esters is 1. The number of rotatable bonds is 8. The minimum atomic E-state index is -1.42. The number of cyclic esters (lactones) is 1. The van der Waals surface area contributed by atoms with Gasteiger partial charge < -0.3 is 24.8 Å². The van der Waals surface area contributed by atoms with Gasteiger partial charge in [0.15, 0.2) is 5.60 Å². The van der Waals surface area contributed by atoms with Gasteiger partial charge in [0.25, 0.3) is 11.8 Å². The van der Waals surface area contributed by atoms with E-state index in [2.05, 4.69) is 10.6 Å². The van der Waals surface area contributed by atoms with E-state index >= 15 is 0 Å². The van der Waals surface area contributed by atoms with Crippen molar-refractivity contribution in [2.45, 2.75) is 32.8 Å². The zero-order valence-electron chi connectivity index (χ0n) is 20.4. The topological polar surface area (TPSA) is 103 Å². The van der Waals surface area contributed by atoms with Crippen LogP contribution in [0.15, 0.2) is 66.7 Å². The first-order valence-corrected chi connectivity index (χ1v) is 11.8. The van der Waals surface area contributed by atoms with E-state index in [4.69, 9.17) is 14.2 Å². The first kappa shape index (κ1) is 24.8. The molecule has 0 saturated heterocycles. The number of amides is 2. The average Bonchev–Trinajstić information content (AvgIpc) is 2.87. The third kappa shape index (κ3) is 5.17. The summed E-state index contributed by atoms with van der Waals surface area (Å²) >= 11 is 0. The van der Waals surface area contributed by atoms with E-state index in [9.17, 15) is 14.4 Å². The van der Waals surface area contributed by atoms with Crippen molar-refractivity contribution in [3.63, 3.8) is 0 Å². The number of anilines is 2. The zero-order valence-corrected chi connectivity index (χ0v) is 20.4. The number of ether oxygens (including phenoxy) is 3. The summed E-state index contributed by atoms with van der Waals surface area (Å²) in [6.07, 6.45) is 0.230. The minimum Gasteiger partial charge on any atom is -0.492 e. The Morgan fingerprint density at radius 1 is 0.889 bits per heavy atom. The molecule has 3 aromatic carbocycles. The quantitative estimate of drug-likeness (QED) is 0.440. The van der Waals surface area contributed by atoms with Gasteiger partial charge in [-0.15, -0.1) is 0 Å². The summed E-state index contributed by atoms with van der Waals surface area (Å²) in [5.74, 6) is -0.667. The molecule has 1 aliphatic rings. The Labute approximate surface area is 209 Å². The summed E-state index contributed by atoms with van der Waals surface area (Å²) in [5, 5.41) is 5.69. The highest BCUT2D eigenvalue weighted by Gasteiger charge is 2.43. The number of benzene rings is 3. The van der Waals surface area contributed by atoms with Crippen LogP contribution in [0.5, 0.6) is 11.5 Å². The fourth-order valence-electron chi connectivity index (χ4n) is 4.00. The lowest BCUT2D eigenvalue weighted by atomic mass is 9.89. The molecule has 1 atom stereocenters. The van der Waals surface area contributed by atoms with Crippen molar-refractivity contribution < 1.29 is 28.6 Å². The molecule has 0 aromatic heterocycles. The van der Waals surface area contributed by atoms with E-state index in [1.54, 1.807) is 55.5 Å². The molecular weight excluding hydrogens is 460 g/mol. The van der Waals surface area contributed by atoms with Crippen molar-refractivity contribution in [3.05, 3.63) is 83.4 Å². The SMILES string of the molecule is CCOc1cc(NC(=O)C2(C)Cc3ccccc3C(=O)O2)c(OCC)cc1NC(=O)c1ccccc1. The first-order chi connectivity index (χ1) is 17.3. The first-order valence-electron chi connectivity index (χ1n) is 11.8. The van der Waals surface area contributed by atoms with Gasteiger partial charge in [-0.05, 0) is 44.5 Å². The van der Waals surface area contributed by atoms with Gasteiger partial charge in [0.05, 0.1) is 30.2 Å². The minimum absolute atomic E-state index is 0.230. The highest BCUT2D eigenvalue weighted by Crippen LogP contribution is 2.38. The lowest BCUT2D eigenvalue weighted by molar-refractivity contribution is -0.134. The van der Waals surface area contributed by atoms with Crippen LogP contribution in [0.3, 0.4) is 0 Å². The van der Waals surface area contributed by atoms with E-state index in [0.29, 0.717) is 47.2 Å². The van der Waals surface area contributed by atoms with Gasteiger partial charge in [0, 0.05) is 24.1 Å². The summed E-state index contributed by atoms with van der Waals surface area (Å²) in [5.41, 5.74) is 0.999. The maximum Gasteiger partial charge on any atom is 0.339 e. The Bertz CT molecular complexity index is 1290. The number of carbonyl (C=O) groups is 3. The van der Waals surface area contributed by atoms with Crippen LogP contribution in [0.2, 0.25) is 0 Å². The fourth-order valence-corrected chi connectivity index (χ4v) is 4.00. The van der Waals surface area contributed by atoms with Crippen LogP contribution in [0.4, 0.5) is 11.4 Å². The predicted octanol–water partition coefficient (Wildman–Crippen LogP) is 4.85. The lowest BCUT2D eigenvalue weighted by Gasteiger charge is -2.33. The van der Waals surface area contributed by atoms with Gasteiger partial charge in [0.1, 0.15) is 11.5 Å². The van der Waals surface area contributed by atoms with Crippen LogP contribution < -0.4 is 20.1 Å². The molecule has 1 heterocycles. The Morgan fingerprint density at radius 2 is 1.47 bits per heavy atom. The maximum absolute atomic E-state index is 13.4. The Hall–Kier alpha value is -4.33. The highest BCUT2D eigenvalue weighted by atomic mass is 16.6. The number of hydrogen-bond donors (Lipinski definition) is 2. The molecule has 0 radical (unpaired) electrons. The van der Waals surface area contributed by atoms with Crippen molar-refractivity contribution in [1.82, 2.24) is 0 Å². The van der Waals surface area contributed by atoms with Gasteiger partial charge >= 0.3 is 5.97 Å². The second-order valence-electron chi connectivity index (χ2n) is 8.44. The number of fused-ring (bicyclic) bond motifs is 1. The lowest BCUT2D eigenvalue weighted by Crippen LogP contribution is -2.48. The van der Waals surface area contributed by atoms with Gasteiger partial charge in [-0.2, -0.15) is 0 Å². The normalized spacial score (nSPS) is 16.4. The van der Waals surface area contributed by atoms with Crippen LogP contribution in [0, 0.1) is 0 Å². The molecule has 0 fully saturated rings. The predicted molar refractivity (Wildman–Crippen MR) is 136 cm³/mol. The molecular formula is C28H28N2O6. The van der Waals surface area contributed by atoms with Crippen molar-refractivity contribution in [2.24, 2.45) is 0 Å². The number of carbonyl (C=O) groups excluding carboxylic acids is 3. The standard InChI is InChI=1S/C28H28N2O6/c1-4-34-23-16-22(24(35-5-2)15-21(23)29-25(31)18-11-7-6-8-12-18)30-27(33)28(3)17-19-13-9-10-14-20(19)26(32)36-28/h6-16H,4-5,17H2,1-3H3,(H,29,31)(H,30,33). The molecule has 8 nitrogen and oxygen atoms in total. The van der Waals surface area contributed by atoms with Gasteiger partial charge in [-0.3, -0.25) is 9.59 Å². The monoisotopic (exact) mass is 488 g/mol. The zero-order chi connectivity index (χ0) is 25.7. The molecule has 1 aliphatic heterocycles. The molecule has 0 spiro atoms. The Balaban J connectivity index is 1.63. The highest BCUT2D eigenvalue weighted by molar-refractivity contribution is 6.06. The van der Waals surface area contributed by atoms with Crippen molar-refractivity contribution in [2.75, 3.05) is 23.8 Å². The second-order valence-corrected chi connectivity index (χ2v) is 8.44. The molecule has 0 bridgehead atoms. The summed E-state index contributed by atoms with van der Waals surface area (Å²) < 4.78 is 17.1. The summed E-state index contributed by atoms with van der Waals surface area (Å²) in [4.78, 5) is 38.7. The molecule has 186 valence electrons. The van der Waals surface area contributed by atoms with E-state index in [0.717, 1.165) is 5.56 Å². The van der Waals surface area contributed by atoms with Crippen LogP contribution in [0.1, 0.15) is 47.1 Å². The number of hydrogen-bond acceptors (Lipinski definition) is 6. The van der Waals surface area contributed by atoms with E-state index in [1.165, 1.54) is 0 Å². The van der Waals surface area contributed by atoms with Crippen molar-refractivity contribution >= 4 is 29.2 Å². The summed E-state index contributed by atoms with van der Waals surface area (Å²) in [6.45, 7) is 5.86. The molecule has 0 aliphatic carbocycles. The van der Waals surface area contributed by atoms with Crippen LogP contribution in [-0.4, -0.2) is 36.6 Å². The third-order valence-electron chi connectivity index (χ3n) is 5.78. The van der Waals surface area contributed by atoms with Gasteiger partial charge in [-0.25, -0.2) is 4.79 Å². The molecule has 1 unspecified atom stereocenters. The maximum atomic E-state index is 13.4. The molecule has 3 aromatic rings. The van der Waals surface area contributed by atoms with E-state index in [-0.39, 0.29) is 12.3 Å². The van der Waals surface area contributed by atoms with Gasteiger partial charge in [-0.1, -0.05) is 36.4 Å². The third-order valence-corrected chi connectivity index (χ3v) is 5.78. The van der Waals surface area contributed by atoms with Crippen LogP contribution >= 0.6 is 0 Å². The second kappa shape index (κ2) is 10.5. The molecule has 4 rings (SSSR count). The van der Waals surface area contributed by atoms with E-state index in [1.807, 2.05) is 32.0 Å². The smallest absolute Gasteiger partial charge is 0.339 e. The molecule has 2 N–H and O–H groups in total. The molecule has 0 saturated carbocycles. The van der Waals surface area contributed by atoms with Crippen molar-refractivity contribution in [3.8, 4) is 11.5 Å². The Kier molecular flexibility index (Phi) is 7.24. The summed E-state index contributed by atoms with van der Waals surface area (Å²) in [7, 11) is 0. The van der Waals surface area contributed by atoms with Crippen LogP contribution in [-0.2, 0) is 16.0 Å². The number of nitrogens with one attached hydrogen (secondary N) is 2. The summed E-state index contributed by atoms with van der Waals surface area (Å²) in [6, 6.07) is 19.1. The fraction of sp³-hybridized carbons (Fsp3) is 0.250. The molecule has 2 amide bonds. The average molecular weight is 489 g/mol. The molecule has 36 heavy (non-hydrogen) atoms. The van der Waals surface area contributed by atoms with Crippen LogP contribution in [0.25, 0.3) is 0 Å².